The summed E-state index contributed by atoms with van der Waals surface area (Å²) in [4.78, 5) is 15.0. The molecule has 0 heterocycles. The minimum atomic E-state index is -1.44. The normalized spacial score (nSPS) is 16.4. The third-order valence-electron chi connectivity index (χ3n) is 2.71. The number of aliphatic hydroxyl groups excluding tert-OH is 1. The Balaban J connectivity index is 2.48. The minimum Gasteiger partial charge on any atom is -0.506 e. The van der Waals surface area contributed by atoms with Crippen molar-refractivity contribution in [1.29, 1.82) is 0 Å². The van der Waals surface area contributed by atoms with E-state index in [9.17, 15) is 18.7 Å². The van der Waals surface area contributed by atoms with Crippen molar-refractivity contribution in [2.75, 3.05) is 0 Å². The molecule has 1 aromatic carbocycles. The summed E-state index contributed by atoms with van der Waals surface area (Å²) in [6.07, 6.45) is 2.72. The average molecular weight is 302 g/mol. The molecule has 0 amide bonds. The Kier molecular flexibility index (Phi) is 4.04. The number of aliphatic carboxylic acids is 1. The lowest BCUT2D eigenvalue weighted by Crippen LogP contribution is -2.07. The first-order valence-corrected chi connectivity index (χ1v) is 6.12. The first-order valence-electron chi connectivity index (χ1n) is 5.74. The Labute approximate surface area is 118 Å². The summed E-state index contributed by atoms with van der Waals surface area (Å²) in [6, 6.07) is 1.36. The Morgan fingerprint density at radius 2 is 1.90 bits per heavy atom. The van der Waals surface area contributed by atoms with Crippen LogP contribution in [0.2, 0.25) is 5.02 Å². The molecule has 0 unspecified atom stereocenters. The summed E-state index contributed by atoms with van der Waals surface area (Å²) in [6.45, 7) is 0. The van der Waals surface area contributed by atoms with Crippen molar-refractivity contribution >= 4 is 29.5 Å². The van der Waals surface area contributed by atoms with Gasteiger partial charge in [-0.15, -0.1) is 0 Å². The average Bonchev–Trinajstić information content (AvgIpc) is 3.17. The maximum Gasteiger partial charge on any atom is 0.341 e. The largest absolute Gasteiger partial charge is 0.506 e. The van der Waals surface area contributed by atoms with E-state index in [1.165, 1.54) is 0 Å². The molecular weight excluding hydrogens is 292 g/mol. The van der Waals surface area contributed by atoms with Crippen LogP contribution in [0.25, 0.3) is 5.76 Å². The lowest BCUT2D eigenvalue weighted by molar-refractivity contribution is -0.132. The fraction of sp³-hybridized carbons (Fsp3) is 0.231. The smallest absolute Gasteiger partial charge is 0.341 e. The number of benzene rings is 1. The third kappa shape index (κ3) is 3.14. The van der Waals surface area contributed by atoms with Gasteiger partial charge >= 0.3 is 5.97 Å². The number of carboxylic acids is 1. The maximum atomic E-state index is 13.2. The van der Waals surface area contributed by atoms with Gasteiger partial charge in [-0.3, -0.25) is 4.99 Å². The molecule has 0 atom stereocenters. The monoisotopic (exact) mass is 301 g/mol. The fourth-order valence-corrected chi connectivity index (χ4v) is 1.71. The quantitative estimate of drug-likeness (QED) is 0.388. The minimum absolute atomic E-state index is 0.0533. The Hall–Kier alpha value is -1.95. The van der Waals surface area contributed by atoms with E-state index in [4.69, 9.17) is 16.7 Å². The molecule has 1 saturated carbocycles. The van der Waals surface area contributed by atoms with Crippen LogP contribution in [0.3, 0.4) is 0 Å². The fourth-order valence-electron chi connectivity index (χ4n) is 1.47. The van der Waals surface area contributed by atoms with Gasteiger partial charge in [0.05, 0.1) is 11.1 Å². The predicted octanol–water partition coefficient (Wildman–Crippen LogP) is 3.21. The van der Waals surface area contributed by atoms with Crippen LogP contribution in [0, 0.1) is 11.6 Å². The zero-order valence-electron chi connectivity index (χ0n) is 10.1. The van der Waals surface area contributed by atoms with E-state index in [2.05, 4.69) is 4.99 Å². The number of hydrogen-bond donors (Lipinski definition) is 2. The molecule has 1 aromatic rings. The zero-order valence-corrected chi connectivity index (χ0v) is 10.9. The van der Waals surface area contributed by atoms with Crippen LogP contribution in [-0.4, -0.2) is 28.4 Å². The predicted molar refractivity (Wildman–Crippen MR) is 70.1 cm³/mol. The molecule has 1 aliphatic rings. The van der Waals surface area contributed by atoms with Gasteiger partial charge in [-0.1, -0.05) is 11.6 Å². The lowest BCUT2D eigenvalue weighted by Gasteiger charge is -2.06. The molecule has 0 radical (unpaired) electrons. The van der Waals surface area contributed by atoms with Crippen molar-refractivity contribution in [3.8, 4) is 0 Å². The molecule has 106 valence electrons. The molecule has 2 N–H and O–H groups in total. The summed E-state index contributed by atoms with van der Waals surface area (Å²) < 4.78 is 26.1. The number of aliphatic imine (C=N–C) groups is 1. The SMILES string of the molecule is O=C(O)/C(C=NC1CC1)=C(\O)c1cc(F)c(F)cc1Cl. The van der Waals surface area contributed by atoms with E-state index >= 15 is 0 Å². The molecule has 7 heteroatoms. The highest BCUT2D eigenvalue weighted by atomic mass is 35.5. The molecule has 0 bridgehead atoms. The lowest BCUT2D eigenvalue weighted by atomic mass is 10.1. The van der Waals surface area contributed by atoms with Gasteiger partial charge in [0, 0.05) is 11.8 Å². The number of carbonyl (C=O) groups is 1. The van der Waals surface area contributed by atoms with E-state index in [1.807, 2.05) is 0 Å². The molecule has 0 saturated heterocycles. The highest BCUT2D eigenvalue weighted by Crippen LogP contribution is 2.28. The summed E-state index contributed by atoms with van der Waals surface area (Å²) in [5.41, 5.74) is -0.824. The Morgan fingerprint density at radius 3 is 2.45 bits per heavy atom. The summed E-state index contributed by atoms with van der Waals surface area (Å²) >= 11 is 5.68. The van der Waals surface area contributed by atoms with Crippen molar-refractivity contribution in [3.05, 3.63) is 39.9 Å². The van der Waals surface area contributed by atoms with Crippen LogP contribution in [-0.2, 0) is 4.79 Å². The second kappa shape index (κ2) is 5.58. The van der Waals surface area contributed by atoms with Gasteiger partial charge < -0.3 is 10.2 Å². The first-order chi connectivity index (χ1) is 9.40. The van der Waals surface area contributed by atoms with Gasteiger partial charge in [0.15, 0.2) is 11.6 Å². The Bertz CT molecular complexity index is 624. The van der Waals surface area contributed by atoms with Crippen LogP contribution >= 0.6 is 11.6 Å². The third-order valence-corrected chi connectivity index (χ3v) is 3.02. The standard InChI is InChI=1S/C13H10ClF2NO3/c14-9-4-11(16)10(15)3-7(9)12(18)8(13(19)20)5-17-6-1-2-6/h3-6,18H,1-2H2,(H,19,20)/b12-8-,17-5?. The Morgan fingerprint density at radius 1 is 1.30 bits per heavy atom. The molecular formula is C13H10ClF2NO3. The van der Waals surface area contributed by atoms with Crippen LogP contribution in [0.1, 0.15) is 18.4 Å². The molecule has 1 fully saturated rings. The highest BCUT2D eigenvalue weighted by molar-refractivity contribution is 6.32. The molecule has 0 aliphatic heterocycles. The maximum absolute atomic E-state index is 13.2. The van der Waals surface area contributed by atoms with Gasteiger partial charge in [0.25, 0.3) is 0 Å². The van der Waals surface area contributed by atoms with Crippen molar-refractivity contribution in [1.82, 2.24) is 0 Å². The van der Waals surface area contributed by atoms with E-state index in [-0.39, 0.29) is 16.6 Å². The van der Waals surface area contributed by atoms with Gasteiger partial charge in [0.1, 0.15) is 11.3 Å². The van der Waals surface area contributed by atoms with E-state index in [1.54, 1.807) is 0 Å². The van der Waals surface area contributed by atoms with Gasteiger partial charge in [-0.2, -0.15) is 0 Å². The highest BCUT2D eigenvalue weighted by Gasteiger charge is 2.22. The van der Waals surface area contributed by atoms with E-state index in [0.717, 1.165) is 19.1 Å². The number of rotatable bonds is 4. The second-order valence-corrected chi connectivity index (χ2v) is 4.73. The first kappa shape index (κ1) is 14.5. The number of halogens is 3. The molecule has 1 aliphatic carbocycles. The number of hydrogen-bond acceptors (Lipinski definition) is 3. The summed E-state index contributed by atoms with van der Waals surface area (Å²) in [5.74, 6) is -4.62. The zero-order chi connectivity index (χ0) is 14.9. The van der Waals surface area contributed by atoms with E-state index < -0.39 is 28.9 Å². The van der Waals surface area contributed by atoms with Gasteiger partial charge in [-0.25, -0.2) is 13.6 Å². The van der Waals surface area contributed by atoms with E-state index in [0.29, 0.717) is 12.1 Å². The number of nitrogens with zero attached hydrogens (tertiary/aromatic N) is 1. The summed E-state index contributed by atoms with van der Waals surface area (Å²) in [5, 5.41) is 18.7. The van der Waals surface area contributed by atoms with Crippen molar-refractivity contribution in [2.45, 2.75) is 18.9 Å². The molecule has 2 rings (SSSR count). The summed E-state index contributed by atoms with van der Waals surface area (Å²) in [7, 11) is 0. The molecule has 0 spiro atoms. The van der Waals surface area contributed by atoms with Crippen molar-refractivity contribution < 1.29 is 23.8 Å². The second-order valence-electron chi connectivity index (χ2n) is 4.32. The van der Waals surface area contributed by atoms with Gasteiger partial charge in [-0.05, 0) is 25.0 Å². The van der Waals surface area contributed by atoms with Crippen LogP contribution in [0.5, 0.6) is 0 Å². The van der Waals surface area contributed by atoms with Crippen LogP contribution in [0.15, 0.2) is 22.7 Å². The number of carboxylic acid groups (broad SMARTS) is 1. The van der Waals surface area contributed by atoms with Crippen molar-refractivity contribution in [2.24, 2.45) is 4.99 Å². The molecule has 20 heavy (non-hydrogen) atoms. The number of aliphatic hydroxyl groups is 1. The topological polar surface area (TPSA) is 69.9 Å². The van der Waals surface area contributed by atoms with Gasteiger partial charge in [0.2, 0.25) is 0 Å². The van der Waals surface area contributed by atoms with Crippen molar-refractivity contribution in [3.63, 3.8) is 0 Å². The molecule has 4 nitrogen and oxygen atoms in total. The van der Waals surface area contributed by atoms with Crippen LogP contribution < -0.4 is 0 Å². The molecule has 0 aromatic heterocycles. The van der Waals surface area contributed by atoms with Crippen LogP contribution in [0.4, 0.5) is 8.78 Å².